The Balaban J connectivity index is 1.63. The highest BCUT2D eigenvalue weighted by Gasteiger charge is 2.13. The Kier molecular flexibility index (Phi) is 6.13. The lowest BCUT2D eigenvalue weighted by atomic mass is 10.2. The van der Waals surface area contributed by atoms with E-state index >= 15 is 0 Å². The van der Waals surface area contributed by atoms with Gasteiger partial charge in [-0.2, -0.15) is 0 Å². The molecule has 7 nitrogen and oxygen atoms in total. The van der Waals surface area contributed by atoms with Gasteiger partial charge in [0, 0.05) is 46.3 Å². The molecule has 0 spiro atoms. The van der Waals surface area contributed by atoms with Gasteiger partial charge in [-0.25, -0.2) is 9.78 Å². The zero-order chi connectivity index (χ0) is 20.1. The number of para-hydroxylation sites is 2. The molecular weight excluding hydrogens is 354 g/mol. The van der Waals surface area contributed by atoms with Crippen LogP contribution in [0.15, 0.2) is 47.4 Å². The Morgan fingerprint density at radius 1 is 1.07 bits per heavy atom. The number of carbonyl (C=O) groups is 1. The number of nitrogens with one attached hydrogen (secondary N) is 1. The van der Waals surface area contributed by atoms with E-state index < -0.39 is 0 Å². The Hall–Kier alpha value is -3.09. The largest absolute Gasteiger partial charge is 0.363 e. The molecule has 0 atom stereocenters. The van der Waals surface area contributed by atoms with E-state index in [-0.39, 0.29) is 18.0 Å². The molecule has 0 aliphatic carbocycles. The van der Waals surface area contributed by atoms with Crippen LogP contribution in [0, 0.1) is 0 Å². The normalized spacial score (nSPS) is 11.0. The van der Waals surface area contributed by atoms with Crippen LogP contribution >= 0.6 is 0 Å². The standard InChI is InChI=1S/C21H27N5O2/c1-4-12-25-17-7-5-6-8-18(17)26(21(25)28)13-11-20(27)23-15-16-9-10-19(22-14-16)24(2)3/h5-10,14H,4,11-13,15H2,1-3H3,(H,23,27). The molecular formula is C21H27N5O2. The lowest BCUT2D eigenvalue weighted by Crippen LogP contribution is -2.28. The Bertz CT molecular complexity index is 1000. The zero-order valence-corrected chi connectivity index (χ0v) is 16.7. The van der Waals surface area contributed by atoms with E-state index in [9.17, 15) is 9.59 Å². The molecule has 0 aliphatic heterocycles. The number of anilines is 1. The maximum atomic E-state index is 12.7. The van der Waals surface area contributed by atoms with Crippen LogP contribution < -0.4 is 15.9 Å². The van der Waals surface area contributed by atoms with Crippen molar-refractivity contribution in [1.29, 1.82) is 0 Å². The monoisotopic (exact) mass is 381 g/mol. The zero-order valence-electron chi connectivity index (χ0n) is 16.7. The molecule has 0 bridgehead atoms. The summed E-state index contributed by atoms with van der Waals surface area (Å²) in [6.07, 6.45) is 2.90. The molecule has 3 aromatic rings. The first kappa shape index (κ1) is 19.7. The molecule has 0 saturated heterocycles. The number of imidazole rings is 1. The van der Waals surface area contributed by atoms with E-state index in [0.717, 1.165) is 28.8 Å². The minimum atomic E-state index is -0.0871. The minimum absolute atomic E-state index is 0.0562. The van der Waals surface area contributed by atoms with Crippen LogP contribution in [0.4, 0.5) is 5.82 Å². The van der Waals surface area contributed by atoms with E-state index in [2.05, 4.69) is 10.3 Å². The number of aryl methyl sites for hydroxylation is 2. The number of hydrogen-bond donors (Lipinski definition) is 1. The van der Waals surface area contributed by atoms with Crippen LogP contribution in [0.5, 0.6) is 0 Å². The second kappa shape index (κ2) is 8.73. The van der Waals surface area contributed by atoms with Gasteiger partial charge in [0.25, 0.3) is 0 Å². The lowest BCUT2D eigenvalue weighted by molar-refractivity contribution is -0.121. The average Bonchev–Trinajstić information content (AvgIpc) is 2.97. The molecule has 0 radical (unpaired) electrons. The van der Waals surface area contributed by atoms with Crippen LogP contribution in [0.3, 0.4) is 0 Å². The van der Waals surface area contributed by atoms with E-state index in [1.165, 1.54) is 0 Å². The van der Waals surface area contributed by atoms with E-state index in [4.69, 9.17) is 0 Å². The summed E-state index contributed by atoms with van der Waals surface area (Å²) in [5.41, 5.74) is 2.68. The van der Waals surface area contributed by atoms with E-state index in [0.29, 0.717) is 19.6 Å². The number of rotatable bonds is 8. The van der Waals surface area contributed by atoms with Gasteiger partial charge in [-0.3, -0.25) is 13.9 Å². The second-order valence-corrected chi connectivity index (χ2v) is 7.02. The van der Waals surface area contributed by atoms with Crippen molar-refractivity contribution >= 4 is 22.8 Å². The highest BCUT2D eigenvalue weighted by atomic mass is 16.2. The van der Waals surface area contributed by atoms with Crippen molar-refractivity contribution in [3.05, 3.63) is 58.6 Å². The molecule has 0 unspecified atom stereocenters. The van der Waals surface area contributed by atoms with Gasteiger partial charge in [0.1, 0.15) is 5.82 Å². The summed E-state index contributed by atoms with van der Waals surface area (Å²) < 4.78 is 3.48. The molecule has 2 heterocycles. The van der Waals surface area contributed by atoms with Crippen molar-refractivity contribution in [1.82, 2.24) is 19.4 Å². The molecule has 0 fully saturated rings. The number of amides is 1. The summed E-state index contributed by atoms with van der Waals surface area (Å²) in [6.45, 7) is 3.51. The molecule has 1 N–H and O–H groups in total. The maximum Gasteiger partial charge on any atom is 0.329 e. The first-order valence-electron chi connectivity index (χ1n) is 9.58. The third kappa shape index (κ3) is 4.24. The quantitative estimate of drug-likeness (QED) is 0.650. The molecule has 0 saturated carbocycles. The van der Waals surface area contributed by atoms with Crippen LogP contribution in [0.1, 0.15) is 25.3 Å². The van der Waals surface area contributed by atoms with Gasteiger partial charge in [0.15, 0.2) is 0 Å². The summed E-state index contributed by atoms with van der Waals surface area (Å²) in [5.74, 6) is 0.786. The Morgan fingerprint density at radius 2 is 1.75 bits per heavy atom. The summed E-state index contributed by atoms with van der Waals surface area (Å²) in [7, 11) is 3.87. The summed E-state index contributed by atoms with van der Waals surface area (Å²) in [6, 6.07) is 11.6. The van der Waals surface area contributed by atoms with Crippen LogP contribution in [0.2, 0.25) is 0 Å². The minimum Gasteiger partial charge on any atom is -0.363 e. The average molecular weight is 381 g/mol. The number of pyridine rings is 1. The first-order chi connectivity index (χ1) is 13.5. The van der Waals surface area contributed by atoms with Gasteiger partial charge >= 0.3 is 5.69 Å². The number of fused-ring (bicyclic) bond motifs is 1. The predicted octanol–water partition coefficient (Wildman–Crippen LogP) is 2.38. The predicted molar refractivity (Wildman–Crippen MR) is 112 cm³/mol. The third-order valence-corrected chi connectivity index (χ3v) is 4.69. The molecule has 148 valence electrons. The van der Waals surface area contributed by atoms with Gasteiger partial charge < -0.3 is 10.2 Å². The van der Waals surface area contributed by atoms with Crippen LogP contribution in [0.25, 0.3) is 11.0 Å². The first-order valence-corrected chi connectivity index (χ1v) is 9.58. The molecule has 28 heavy (non-hydrogen) atoms. The van der Waals surface area contributed by atoms with Gasteiger partial charge in [0.2, 0.25) is 5.91 Å². The van der Waals surface area contributed by atoms with Crippen molar-refractivity contribution in [2.24, 2.45) is 0 Å². The van der Waals surface area contributed by atoms with Crippen LogP contribution in [-0.2, 0) is 24.4 Å². The fourth-order valence-corrected chi connectivity index (χ4v) is 3.22. The fourth-order valence-electron chi connectivity index (χ4n) is 3.22. The topological polar surface area (TPSA) is 72.2 Å². The van der Waals surface area contributed by atoms with Gasteiger partial charge in [-0.15, -0.1) is 0 Å². The number of benzene rings is 1. The molecule has 3 rings (SSSR count). The second-order valence-electron chi connectivity index (χ2n) is 7.02. The molecule has 2 aromatic heterocycles. The highest BCUT2D eigenvalue weighted by molar-refractivity contribution is 5.78. The SMILES string of the molecule is CCCn1c(=O)n(CCC(=O)NCc2ccc(N(C)C)nc2)c2ccccc21. The molecule has 1 aromatic carbocycles. The molecule has 1 amide bonds. The summed E-state index contributed by atoms with van der Waals surface area (Å²) >= 11 is 0. The smallest absolute Gasteiger partial charge is 0.329 e. The number of carbonyl (C=O) groups excluding carboxylic acids is 1. The van der Waals surface area contributed by atoms with Crippen molar-refractivity contribution in [3.63, 3.8) is 0 Å². The summed E-state index contributed by atoms with van der Waals surface area (Å²) in [4.78, 5) is 31.3. The Morgan fingerprint density at radius 3 is 2.32 bits per heavy atom. The fraction of sp³-hybridized carbons (Fsp3) is 0.381. The number of hydrogen-bond acceptors (Lipinski definition) is 4. The Labute approximate surface area is 164 Å². The van der Waals surface area contributed by atoms with Gasteiger partial charge in [0.05, 0.1) is 11.0 Å². The molecule has 0 aliphatic rings. The van der Waals surface area contributed by atoms with E-state index in [1.807, 2.05) is 62.3 Å². The van der Waals surface area contributed by atoms with Gasteiger partial charge in [-0.05, 0) is 30.2 Å². The van der Waals surface area contributed by atoms with Gasteiger partial charge in [-0.1, -0.05) is 25.1 Å². The molecule has 7 heteroatoms. The maximum absolute atomic E-state index is 12.7. The van der Waals surface area contributed by atoms with Crippen molar-refractivity contribution in [2.45, 2.75) is 39.4 Å². The number of aromatic nitrogens is 3. The van der Waals surface area contributed by atoms with Crippen molar-refractivity contribution in [2.75, 3.05) is 19.0 Å². The highest BCUT2D eigenvalue weighted by Crippen LogP contribution is 2.13. The number of nitrogens with zero attached hydrogens (tertiary/aromatic N) is 4. The van der Waals surface area contributed by atoms with E-state index in [1.54, 1.807) is 15.3 Å². The third-order valence-electron chi connectivity index (χ3n) is 4.69. The lowest BCUT2D eigenvalue weighted by Gasteiger charge is -2.11. The van der Waals surface area contributed by atoms with Crippen molar-refractivity contribution < 1.29 is 4.79 Å². The summed E-state index contributed by atoms with van der Waals surface area (Å²) in [5, 5.41) is 2.90. The van der Waals surface area contributed by atoms with Crippen LogP contribution in [-0.4, -0.2) is 34.1 Å². The van der Waals surface area contributed by atoms with Crippen molar-refractivity contribution in [3.8, 4) is 0 Å².